The van der Waals surface area contributed by atoms with E-state index in [9.17, 15) is 4.79 Å². The maximum atomic E-state index is 12.1. The van der Waals surface area contributed by atoms with Crippen molar-refractivity contribution in [1.82, 2.24) is 10.3 Å². The van der Waals surface area contributed by atoms with Gasteiger partial charge in [0.2, 0.25) is 0 Å². The van der Waals surface area contributed by atoms with Crippen molar-refractivity contribution in [2.24, 2.45) is 0 Å². The fourth-order valence-electron chi connectivity index (χ4n) is 1.77. The number of rotatable bonds is 4. The van der Waals surface area contributed by atoms with Crippen molar-refractivity contribution in [3.63, 3.8) is 0 Å². The van der Waals surface area contributed by atoms with Crippen LogP contribution in [0.1, 0.15) is 27.2 Å². The normalized spacial score (nSPS) is 10.3. The Labute approximate surface area is 116 Å². The van der Waals surface area contributed by atoms with Crippen LogP contribution in [0.25, 0.3) is 0 Å². The monoisotopic (exact) mass is 275 g/mol. The Kier molecular flexibility index (Phi) is 4.16. The zero-order valence-corrected chi connectivity index (χ0v) is 12.1. The van der Waals surface area contributed by atoms with Crippen LogP contribution in [0.5, 0.6) is 0 Å². The first kappa shape index (κ1) is 13.5. The Morgan fingerprint density at radius 1 is 1.32 bits per heavy atom. The quantitative estimate of drug-likeness (QED) is 0.902. The molecule has 0 atom stereocenters. The minimum absolute atomic E-state index is 0.0763. The highest BCUT2D eigenvalue weighted by Crippen LogP contribution is 2.14. The van der Waals surface area contributed by atoms with E-state index >= 15 is 0 Å². The molecular formula is C14H17N3OS. The van der Waals surface area contributed by atoms with E-state index in [0.29, 0.717) is 17.9 Å². The third kappa shape index (κ3) is 3.32. The number of amides is 1. The van der Waals surface area contributed by atoms with Crippen LogP contribution in [0.3, 0.4) is 0 Å². The van der Waals surface area contributed by atoms with Crippen molar-refractivity contribution in [3.05, 3.63) is 45.3 Å². The van der Waals surface area contributed by atoms with Gasteiger partial charge in [0.15, 0.2) is 0 Å². The van der Waals surface area contributed by atoms with Gasteiger partial charge in [-0.2, -0.15) is 11.3 Å². The summed E-state index contributed by atoms with van der Waals surface area (Å²) in [5.41, 5.74) is 3.83. The number of hydrogen-bond acceptors (Lipinski definition) is 4. The summed E-state index contributed by atoms with van der Waals surface area (Å²) in [5.74, 6) is 0.629. The lowest BCUT2D eigenvalue weighted by Gasteiger charge is -2.08. The molecule has 0 radical (unpaired) electrons. The summed E-state index contributed by atoms with van der Waals surface area (Å²) in [7, 11) is 1.79. The molecule has 2 aromatic rings. The molecule has 2 N–H and O–H groups in total. The highest BCUT2D eigenvalue weighted by Gasteiger charge is 2.09. The van der Waals surface area contributed by atoms with Crippen LogP contribution in [0, 0.1) is 13.8 Å². The lowest BCUT2D eigenvalue weighted by Crippen LogP contribution is -2.23. The van der Waals surface area contributed by atoms with E-state index in [4.69, 9.17) is 0 Å². The molecule has 5 heteroatoms. The van der Waals surface area contributed by atoms with Crippen LogP contribution in [-0.4, -0.2) is 17.9 Å². The van der Waals surface area contributed by atoms with E-state index in [2.05, 4.69) is 26.4 Å². The van der Waals surface area contributed by atoms with E-state index in [1.54, 1.807) is 30.5 Å². The van der Waals surface area contributed by atoms with Crippen molar-refractivity contribution < 1.29 is 4.79 Å². The second-order valence-electron chi connectivity index (χ2n) is 4.40. The summed E-state index contributed by atoms with van der Waals surface area (Å²) in [6.07, 6.45) is 0. The highest BCUT2D eigenvalue weighted by molar-refractivity contribution is 7.08. The van der Waals surface area contributed by atoms with Crippen molar-refractivity contribution >= 4 is 23.1 Å². The zero-order valence-electron chi connectivity index (χ0n) is 11.3. The average molecular weight is 275 g/mol. The van der Waals surface area contributed by atoms with Gasteiger partial charge in [0.1, 0.15) is 5.82 Å². The van der Waals surface area contributed by atoms with Crippen LogP contribution in [-0.2, 0) is 6.54 Å². The molecule has 2 rings (SSSR count). The molecule has 0 bridgehead atoms. The molecule has 0 aliphatic carbocycles. The largest absolute Gasteiger partial charge is 0.373 e. The lowest BCUT2D eigenvalue weighted by atomic mass is 10.2. The molecule has 2 aromatic heterocycles. The molecule has 0 saturated carbocycles. The second kappa shape index (κ2) is 5.84. The number of hydrogen-bond donors (Lipinski definition) is 2. The number of thiophene rings is 1. The van der Waals surface area contributed by atoms with Crippen LogP contribution in [0.4, 0.5) is 5.82 Å². The SMILES string of the molecule is CNc1cc(C(=O)NCc2cscc2C)cc(C)n1. The van der Waals surface area contributed by atoms with Crippen LogP contribution in [0.2, 0.25) is 0 Å². The van der Waals surface area contributed by atoms with Crippen molar-refractivity contribution in [1.29, 1.82) is 0 Å². The molecule has 0 fully saturated rings. The number of carbonyl (C=O) groups is 1. The molecule has 0 spiro atoms. The maximum absolute atomic E-state index is 12.1. The summed E-state index contributed by atoms with van der Waals surface area (Å²) >= 11 is 1.65. The second-order valence-corrected chi connectivity index (χ2v) is 5.14. The van der Waals surface area contributed by atoms with Gasteiger partial charge in [-0.05, 0) is 47.9 Å². The first-order chi connectivity index (χ1) is 9.10. The molecule has 19 heavy (non-hydrogen) atoms. The number of aromatic nitrogens is 1. The summed E-state index contributed by atoms with van der Waals surface area (Å²) in [6.45, 7) is 4.48. The predicted molar refractivity (Wildman–Crippen MR) is 78.7 cm³/mol. The average Bonchev–Trinajstić information content (AvgIpc) is 2.80. The standard InChI is InChI=1S/C14H17N3OS/c1-9-7-19-8-12(9)6-16-14(18)11-4-10(2)17-13(5-11)15-3/h4-5,7-8H,6H2,1-3H3,(H,15,17)(H,16,18). The molecule has 0 aliphatic heterocycles. The molecule has 2 heterocycles. The molecular weight excluding hydrogens is 258 g/mol. The van der Waals surface area contributed by atoms with E-state index < -0.39 is 0 Å². The van der Waals surface area contributed by atoms with E-state index in [-0.39, 0.29) is 5.91 Å². The zero-order chi connectivity index (χ0) is 13.8. The van der Waals surface area contributed by atoms with Crippen LogP contribution >= 0.6 is 11.3 Å². The number of nitrogens with zero attached hydrogens (tertiary/aromatic N) is 1. The summed E-state index contributed by atoms with van der Waals surface area (Å²) in [5, 5.41) is 10.0. The first-order valence-corrected chi connectivity index (χ1v) is 7.00. The number of pyridine rings is 1. The molecule has 100 valence electrons. The third-order valence-electron chi connectivity index (χ3n) is 2.87. The van der Waals surface area contributed by atoms with Gasteiger partial charge in [-0.1, -0.05) is 0 Å². The van der Waals surface area contributed by atoms with Gasteiger partial charge in [0, 0.05) is 24.8 Å². The predicted octanol–water partition coefficient (Wildman–Crippen LogP) is 2.73. The third-order valence-corrected chi connectivity index (χ3v) is 3.78. The van der Waals surface area contributed by atoms with E-state index in [1.165, 1.54) is 5.56 Å². The fraction of sp³-hybridized carbons (Fsp3) is 0.286. The van der Waals surface area contributed by atoms with Crippen LogP contribution < -0.4 is 10.6 Å². The van der Waals surface area contributed by atoms with Gasteiger partial charge in [-0.25, -0.2) is 4.98 Å². The molecule has 4 nitrogen and oxygen atoms in total. The molecule has 0 aliphatic rings. The Morgan fingerprint density at radius 3 is 2.74 bits per heavy atom. The fourth-order valence-corrected chi connectivity index (χ4v) is 2.63. The Hall–Kier alpha value is -1.88. The Bertz CT molecular complexity index is 592. The van der Waals surface area contributed by atoms with Crippen molar-refractivity contribution in [2.45, 2.75) is 20.4 Å². The highest BCUT2D eigenvalue weighted by atomic mass is 32.1. The smallest absolute Gasteiger partial charge is 0.251 e. The van der Waals surface area contributed by atoms with E-state index in [0.717, 1.165) is 11.3 Å². The maximum Gasteiger partial charge on any atom is 0.251 e. The van der Waals surface area contributed by atoms with Gasteiger partial charge in [0.05, 0.1) is 0 Å². The molecule has 0 unspecified atom stereocenters. The van der Waals surface area contributed by atoms with Crippen molar-refractivity contribution in [2.75, 3.05) is 12.4 Å². The lowest BCUT2D eigenvalue weighted by molar-refractivity contribution is 0.0950. The van der Waals surface area contributed by atoms with Gasteiger partial charge in [-0.3, -0.25) is 4.79 Å². The van der Waals surface area contributed by atoms with Gasteiger partial charge in [0.25, 0.3) is 5.91 Å². The minimum Gasteiger partial charge on any atom is -0.373 e. The molecule has 0 aromatic carbocycles. The number of anilines is 1. The summed E-state index contributed by atoms with van der Waals surface area (Å²) in [6, 6.07) is 3.54. The van der Waals surface area contributed by atoms with E-state index in [1.807, 2.05) is 13.8 Å². The number of nitrogens with one attached hydrogen (secondary N) is 2. The number of aryl methyl sites for hydroxylation is 2. The van der Waals surface area contributed by atoms with Gasteiger partial charge in [-0.15, -0.1) is 0 Å². The van der Waals surface area contributed by atoms with Crippen LogP contribution in [0.15, 0.2) is 22.9 Å². The Morgan fingerprint density at radius 2 is 2.11 bits per heavy atom. The molecule has 1 amide bonds. The topological polar surface area (TPSA) is 54.0 Å². The van der Waals surface area contributed by atoms with Gasteiger partial charge >= 0.3 is 0 Å². The summed E-state index contributed by atoms with van der Waals surface area (Å²) < 4.78 is 0. The Balaban J connectivity index is 2.08. The number of carbonyl (C=O) groups excluding carboxylic acids is 1. The first-order valence-electron chi connectivity index (χ1n) is 6.06. The van der Waals surface area contributed by atoms with Crippen molar-refractivity contribution in [3.8, 4) is 0 Å². The van der Waals surface area contributed by atoms with Gasteiger partial charge < -0.3 is 10.6 Å². The minimum atomic E-state index is -0.0763. The molecule has 0 saturated heterocycles. The summed E-state index contributed by atoms with van der Waals surface area (Å²) in [4.78, 5) is 16.4.